The van der Waals surface area contributed by atoms with Gasteiger partial charge in [0.05, 0.1) is 24.6 Å². The first-order valence-electron chi connectivity index (χ1n) is 6.08. The zero-order valence-corrected chi connectivity index (χ0v) is 10.1. The molecule has 2 heterocycles. The number of aromatic nitrogens is 2. The van der Waals surface area contributed by atoms with E-state index in [9.17, 15) is 0 Å². The van der Waals surface area contributed by atoms with Gasteiger partial charge in [-0.3, -0.25) is 4.68 Å². The predicted molar refractivity (Wildman–Crippen MR) is 61.6 cm³/mol. The first kappa shape index (κ1) is 11.5. The minimum absolute atomic E-state index is 0.254. The molecular formula is C12H20N2O2. The fourth-order valence-corrected chi connectivity index (χ4v) is 1.97. The van der Waals surface area contributed by atoms with E-state index >= 15 is 0 Å². The van der Waals surface area contributed by atoms with E-state index in [1.54, 1.807) is 6.20 Å². The molecule has 0 N–H and O–H groups in total. The molecule has 1 aliphatic heterocycles. The lowest BCUT2D eigenvalue weighted by molar-refractivity contribution is 0.0264. The Kier molecular flexibility index (Phi) is 3.83. The molecule has 90 valence electrons. The van der Waals surface area contributed by atoms with Crippen LogP contribution in [0.4, 0.5) is 0 Å². The summed E-state index contributed by atoms with van der Waals surface area (Å²) in [6.07, 6.45) is 7.69. The maximum atomic E-state index is 5.69. The van der Waals surface area contributed by atoms with Gasteiger partial charge in [0, 0.05) is 6.54 Å². The molecule has 1 saturated heterocycles. The van der Waals surface area contributed by atoms with Gasteiger partial charge in [0.15, 0.2) is 5.75 Å². The Labute approximate surface area is 96.5 Å². The number of nitrogens with zero attached hydrogens (tertiary/aromatic N) is 2. The third kappa shape index (κ3) is 2.98. The van der Waals surface area contributed by atoms with E-state index in [4.69, 9.17) is 9.47 Å². The van der Waals surface area contributed by atoms with Gasteiger partial charge in [0.25, 0.3) is 0 Å². The van der Waals surface area contributed by atoms with Crippen LogP contribution in [0.25, 0.3) is 0 Å². The lowest BCUT2D eigenvalue weighted by Crippen LogP contribution is -2.17. The normalized spacial score (nSPS) is 24.9. The van der Waals surface area contributed by atoms with Crippen LogP contribution in [0.2, 0.25) is 0 Å². The summed E-state index contributed by atoms with van der Waals surface area (Å²) in [5.74, 6) is 0.844. The van der Waals surface area contributed by atoms with Gasteiger partial charge in [-0.25, -0.2) is 0 Å². The molecule has 0 radical (unpaired) electrons. The molecule has 1 aliphatic rings. The summed E-state index contributed by atoms with van der Waals surface area (Å²) in [6.45, 7) is 5.83. The summed E-state index contributed by atoms with van der Waals surface area (Å²) in [6, 6.07) is 0. The third-order valence-corrected chi connectivity index (χ3v) is 2.82. The second kappa shape index (κ2) is 5.34. The molecule has 2 rings (SSSR count). The quantitative estimate of drug-likeness (QED) is 0.769. The number of hydrogen-bond acceptors (Lipinski definition) is 3. The highest BCUT2D eigenvalue weighted by molar-refractivity contribution is 5.11. The summed E-state index contributed by atoms with van der Waals surface area (Å²) in [5.41, 5.74) is 0. The molecule has 1 aromatic rings. The van der Waals surface area contributed by atoms with Crippen LogP contribution in [0.5, 0.6) is 5.75 Å². The minimum Gasteiger partial charge on any atom is -0.488 e. The van der Waals surface area contributed by atoms with E-state index in [2.05, 4.69) is 18.9 Å². The fourth-order valence-electron chi connectivity index (χ4n) is 1.97. The van der Waals surface area contributed by atoms with Crippen molar-refractivity contribution >= 4 is 0 Å². The highest BCUT2D eigenvalue weighted by Gasteiger charge is 2.22. The standard InChI is InChI=1S/C12H20N2O2/c1-3-6-14-8-12(7-13-14)15-9-11-5-4-10(2)16-11/h7-8,10-11H,3-6,9H2,1-2H3. The molecule has 2 atom stereocenters. The lowest BCUT2D eigenvalue weighted by Gasteiger charge is -2.11. The van der Waals surface area contributed by atoms with Gasteiger partial charge in [-0.15, -0.1) is 0 Å². The number of aryl methyl sites for hydroxylation is 1. The van der Waals surface area contributed by atoms with Crippen LogP contribution in [0.1, 0.15) is 33.1 Å². The molecule has 0 amide bonds. The Morgan fingerprint density at radius 1 is 1.56 bits per heavy atom. The van der Waals surface area contributed by atoms with Crippen molar-refractivity contribution in [2.75, 3.05) is 6.61 Å². The van der Waals surface area contributed by atoms with Gasteiger partial charge in [0.2, 0.25) is 0 Å². The van der Waals surface area contributed by atoms with Crippen LogP contribution < -0.4 is 4.74 Å². The van der Waals surface area contributed by atoms with Crippen molar-refractivity contribution in [3.05, 3.63) is 12.4 Å². The summed E-state index contributed by atoms with van der Waals surface area (Å²) in [7, 11) is 0. The highest BCUT2D eigenvalue weighted by atomic mass is 16.5. The second-order valence-corrected chi connectivity index (χ2v) is 4.40. The molecular weight excluding hydrogens is 204 g/mol. The molecule has 1 aromatic heterocycles. The van der Waals surface area contributed by atoms with Crippen molar-refractivity contribution in [2.45, 2.75) is 51.9 Å². The van der Waals surface area contributed by atoms with E-state index in [1.807, 2.05) is 10.9 Å². The van der Waals surface area contributed by atoms with Crippen LogP contribution in [-0.2, 0) is 11.3 Å². The lowest BCUT2D eigenvalue weighted by atomic mass is 10.2. The molecule has 0 aromatic carbocycles. The highest BCUT2D eigenvalue weighted by Crippen LogP contribution is 2.20. The average molecular weight is 224 g/mol. The van der Waals surface area contributed by atoms with E-state index in [1.165, 1.54) is 0 Å². The maximum Gasteiger partial charge on any atom is 0.157 e. The van der Waals surface area contributed by atoms with Crippen molar-refractivity contribution in [3.63, 3.8) is 0 Å². The summed E-state index contributed by atoms with van der Waals surface area (Å²) in [5, 5.41) is 4.22. The van der Waals surface area contributed by atoms with Gasteiger partial charge in [-0.2, -0.15) is 5.10 Å². The van der Waals surface area contributed by atoms with Gasteiger partial charge >= 0.3 is 0 Å². The summed E-state index contributed by atoms with van der Waals surface area (Å²) < 4.78 is 13.3. The Balaban J connectivity index is 1.76. The van der Waals surface area contributed by atoms with E-state index in [0.717, 1.165) is 31.6 Å². The zero-order valence-electron chi connectivity index (χ0n) is 10.1. The SMILES string of the molecule is CCCn1cc(OCC2CCC(C)O2)cn1. The van der Waals surface area contributed by atoms with Crippen molar-refractivity contribution < 1.29 is 9.47 Å². The molecule has 16 heavy (non-hydrogen) atoms. The van der Waals surface area contributed by atoms with Crippen LogP contribution in [0, 0.1) is 0 Å². The largest absolute Gasteiger partial charge is 0.488 e. The van der Waals surface area contributed by atoms with E-state index in [-0.39, 0.29) is 6.10 Å². The van der Waals surface area contributed by atoms with Gasteiger partial charge in [-0.1, -0.05) is 6.92 Å². The first-order valence-corrected chi connectivity index (χ1v) is 6.08. The van der Waals surface area contributed by atoms with Crippen molar-refractivity contribution in [2.24, 2.45) is 0 Å². The molecule has 4 nitrogen and oxygen atoms in total. The zero-order chi connectivity index (χ0) is 11.4. The van der Waals surface area contributed by atoms with Gasteiger partial charge < -0.3 is 9.47 Å². The van der Waals surface area contributed by atoms with Crippen LogP contribution >= 0.6 is 0 Å². The molecule has 2 unspecified atom stereocenters. The third-order valence-electron chi connectivity index (χ3n) is 2.82. The Bertz CT molecular complexity index is 325. The Morgan fingerprint density at radius 2 is 2.44 bits per heavy atom. The van der Waals surface area contributed by atoms with Crippen LogP contribution in [0.15, 0.2) is 12.4 Å². The van der Waals surface area contributed by atoms with E-state index < -0.39 is 0 Å². The predicted octanol–water partition coefficient (Wildman–Crippen LogP) is 2.24. The molecule has 0 aliphatic carbocycles. The van der Waals surface area contributed by atoms with Gasteiger partial charge in [-0.05, 0) is 26.2 Å². The molecule has 4 heteroatoms. The first-order chi connectivity index (χ1) is 7.78. The molecule has 0 saturated carbocycles. The van der Waals surface area contributed by atoms with Crippen molar-refractivity contribution in [1.29, 1.82) is 0 Å². The molecule has 1 fully saturated rings. The number of hydrogen-bond donors (Lipinski definition) is 0. The smallest absolute Gasteiger partial charge is 0.157 e. The summed E-state index contributed by atoms with van der Waals surface area (Å²) >= 11 is 0. The van der Waals surface area contributed by atoms with E-state index in [0.29, 0.717) is 12.7 Å². The Morgan fingerprint density at radius 3 is 3.12 bits per heavy atom. The monoisotopic (exact) mass is 224 g/mol. The maximum absolute atomic E-state index is 5.69. The fraction of sp³-hybridized carbons (Fsp3) is 0.750. The molecule has 0 bridgehead atoms. The second-order valence-electron chi connectivity index (χ2n) is 4.40. The average Bonchev–Trinajstić information content (AvgIpc) is 2.85. The van der Waals surface area contributed by atoms with Crippen LogP contribution in [0.3, 0.4) is 0 Å². The van der Waals surface area contributed by atoms with Gasteiger partial charge in [0.1, 0.15) is 6.61 Å². The Hall–Kier alpha value is -1.03. The topological polar surface area (TPSA) is 36.3 Å². The molecule has 0 spiro atoms. The number of rotatable bonds is 5. The number of ether oxygens (including phenoxy) is 2. The summed E-state index contributed by atoms with van der Waals surface area (Å²) in [4.78, 5) is 0. The minimum atomic E-state index is 0.254. The van der Waals surface area contributed by atoms with Crippen molar-refractivity contribution in [3.8, 4) is 5.75 Å². The van der Waals surface area contributed by atoms with Crippen LogP contribution in [-0.4, -0.2) is 28.6 Å². The van der Waals surface area contributed by atoms with Crippen molar-refractivity contribution in [1.82, 2.24) is 9.78 Å².